The maximum atomic E-state index is 6.85. The summed E-state index contributed by atoms with van der Waals surface area (Å²) in [4.78, 5) is 0. The van der Waals surface area contributed by atoms with E-state index in [0.717, 1.165) is 63.0 Å². The molecule has 2 aliphatic heterocycles. The first-order valence-electron chi connectivity index (χ1n) is 18.2. The highest BCUT2D eigenvalue weighted by Crippen LogP contribution is 2.54. The Morgan fingerprint density at radius 1 is 0.520 bits per heavy atom. The standard InChI is InChI=1S/C46H43BO3/c1-43(2)24-45(5,6)37-27(13-10-17-31(37)43)26-21-22-33-36(23-26)48-34-19-12-20-35-40(34)47(33)39-30-16-9-15-29(41(30)50-42(39)49-35)28-14-11-18-32-38(28)46(7,8)25-44(32,3)4/h9-23H,24-25H2,1-8H3. The van der Waals surface area contributed by atoms with Gasteiger partial charge in [-0.2, -0.15) is 0 Å². The number of ether oxygens (including phenoxy) is 2. The zero-order valence-corrected chi connectivity index (χ0v) is 30.4. The molecule has 4 heteroatoms. The van der Waals surface area contributed by atoms with Crippen LogP contribution in [0.5, 0.6) is 23.2 Å². The van der Waals surface area contributed by atoms with Gasteiger partial charge in [0.25, 0.3) is 12.7 Å². The maximum Gasteiger partial charge on any atom is 0.285 e. The van der Waals surface area contributed by atoms with E-state index < -0.39 is 0 Å². The predicted molar refractivity (Wildman–Crippen MR) is 206 cm³/mol. The van der Waals surface area contributed by atoms with E-state index in [2.05, 4.69) is 134 Å². The third kappa shape index (κ3) is 3.94. The Hall–Kier alpha value is -4.70. The first-order valence-corrected chi connectivity index (χ1v) is 18.2. The van der Waals surface area contributed by atoms with E-state index in [1.807, 2.05) is 12.1 Å². The number of hydrogen-bond acceptors (Lipinski definition) is 3. The lowest BCUT2D eigenvalue weighted by molar-refractivity contribution is 0.362. The van der Waals surface area contributed by atoms with Gasteiger partial charge >= 0.3 is 0 Å². The van der Waals surface area contributed by atoms with Crippen LogP contribution in [0.2, 0.25) is 0 Å². The van der Waals surface area contributed by atoms with Gasteiger partial charge in [0.05, 0.1) is 0 Å². The van der Waals surface area contributed by atoms with E-state index >= 15 is 0 Å². The van der Waals surface area contributed by atoms with Crippen LogP contribution in [0.3, 0.4) is 0 Å². The van der Waals surface area contributed by atoms with Crippen molar-refractivity contribution in [3.8, 4) is 45.4 Å². The van der Waals surface area contributed by atoms with Gasteiger partial charge < -0.3 is 13.9 Å². The van der Waals surface area contributed by atoms with Crippen molar-refractivity contribution in [3.63, 3.8) is 0 Å². The molecule has 0 N–H and O–H groups in total. The molecule has 0 spiro atoms. The van der Waals surface area contributed by atoms with Crippen molar-refractivity contribution in [2.24, 2.45) is 0 Å². The Morgan fingerprint density at radius 3 is 1.80 bits per heavy atom. The Labute approximate surface area is 295 Å². The molecule has 2 aliphatic carbocycles. The Morgan fingerprint density at radius 2 is 1.10 bits per heavy atom. The van der Waals surface area contributed by atoms with Crippen LogP contribution in [0.25, 0.3) is 33.2 Å². The molecule has 50 heavy (non-hydrogen) atoms. The van der Waals surface area contributed by atoms with E-state index in [0.29, 0.717) is 5.95 Å². The summed E-state index contributed by atoms with van der Waals surface area (Å²) in [5.41, 5.74) is 15.2. The van der Waals surface area contributed by atoms with E-state index in [1.165, 1.54) is 38.9 Å². The second-order valence-corrected chi connectivity index (χ2v) is 17.9. The molecule has 0 radical (unpaired) electrons. The summed E-state index contributed by atoms with van der Waals surface area (Å²) < 4.78 is 20.2. The van der Waals surface area contributed by atoms with Crippen LogP contribution in [0.15, 0.2) is 95.4 Å². The molecule has 0 amide bonds. The summed E-state index contributed by atoms with van der Waals surface area (Å²) in [7, 11) is 0. The average molecular weight is 655 g/mol. The lowest BCUT2D eigenvalue weighted by atomic mass is 9.35. The van der Waals surface area contributed by atoms with Crippen molar-refractivity contribution in [1.82, 2.24) is 0 Å². The largest absolute Gasteiger partial charge is 0.458 e. The molecule has 5 aromatic carbocycles. The smallest absolute Gasteiger partial charge is 0.285 e. The van der Waals surface area contributed by atoms with Crippen LogP contribution in [0.1, 0.15) is 90.5 Å². The molecular weight excluding hydrogens is 611 g/mol. The van der Waals surface area contributed by atoms with Crippen molar-refractivity contribution in [2.75, 3.05) is 0 Å². The summed E-state index contributed by atoms with van der Waals surface area (Å²) in [5, 5.41) is 1.09. The van der Waals surface area contributed by atoms with Crippen molar-refractivity contribution in [1.29, 1.82) is 0 Å². The van der Waals surface area contributed by atoms with Gasteiger partial charge in [0.1, 0.15) is 22.8 Å². The molecule has 6 aromatic rings. The molecule has 4 aliphatic rings. The molecule has 0 bridgehead atoms. The molecule has 3 nitrogen and oxygen atoms in total. The van der Waals surface area contributed by atoms with Crippen molar-refractivity contribution >= 4 is 34.1 Å². The van der Waals surface area contributed by atoms with Gasteiger partial charge in [0, 0.05) is 21.9 Å². The lowest BCUT2D eigenvalue weighted by Gasteiger charge is -2.31. The number of furan rings is 1. The monoisotopic (exact) mass is 654 g/mol. The zero-order chi connectivity index (χ0) is 34.5. The third-order valence-corrected chi connectivity index (χ3v) is 12.4. The van der Waals surface area contributed by atoms with Crippen molar-refractivity contribution in [2.45, 2.75) is 89.9 Å². The van der Waals surface area contributed by atoms with Crippen LogP contribution in [0.4, 0.5) is 0 Å². The predicted octanol–water partition coefficient (Wildman–Crippen LogP) is 10.4. The first-order chi connectivity index (χ1) is 23.8. The molecule has 1 aromatic heterocycles. The van der Waals surface area contributed by atoms with Crippen LogP contribution >= 0.6 is 0 Å². The van der Waals surface area contributed by atoms with Crippen LogP contribution in [0, 0.1) is 0 Å². The maximum absolute atomic E-state index is 6.85. The summed E-state index contributed by atoms with van der Waals surface area (Å²) in [5.74, 6) is 3.12. The SMILES string of the molecule is CC1(C)CC(C)(C)c2c(-c3ccc4c(c3)Oc3cccc5c3B4c3c(oc4c(-c6cccc7c6C(C)(C)CC7(C)C)cccc34)O5)cccc21. The summed E-state index contributed by atoms with van der Waals surface area (Å²) >= 11 is 0. The minimum Gasteiger partial charge on any atom is -0.458 e. The molecule has 0 atom stereocenters. The highest BCUT2D eigenvalue weighted by molar-refractivity contribution is 6.99. The summed E-state index contributed by atoms with van der Waals surface area (Å²) in [6.45, 7) is 19.0. The fourth-order valence-electron chi connectivity index (χ4n) is 11.1. The van der Waals surface area contributed by atoms with E-state index in [9.17, 15) is 0 Å². The first kappa shape index (κ1) is 30.2. The fourth-order valence-corrected chi connectivity index (χ4v) is 11.1. The zero-order valence-electron chi connectivity index (χ0n) is 30.4. The Bertz CT molecular complexity index is 2460. The average Bonchev–Trinajstić information content (AvgIpc) is 3.60. The highest BCUT2D eigenvalue weighted by Gasteiger charge is 2.47. The van der Waals surface area contributed by atoms with E-state index in [4.69, 9.17) is 13.9 Å². The molecule has 0 fully saturated rings. The molecule has 3 heterocycles. The Kier molecular flexibility index (Phi) is 5.76. The molecule has 10 rings (SSSR count). The summed E-state index contributed by atoms with van der Waals surface area (Å²) in [6.07, 6.45) is 2.24. The van der Waals surface area contributed by atoms with Crippen molar-refractivity contribution in [3.05, 3.63) is 113 Å². The number of para-hydroxylation sites is 1. The molecular formula is C46H43BO3. The molecule has 248 valence electrons. The van der Waals surface area contributed by atoms with Crippen LogP contribution in [-0.2, 0) is 21.7 Å². The second-order valence-electron chi connectivity index (χ2n) is 17.9. The van der Waals surface area contributed by atoms with Gasteiger partial charge in [-0.1, -0.05) is 128 Å². The lowest BCUT2D eigenvalue weighted by Crippen LogP contribution is -2.57. The normalized spacial score (nSPS) is 19.2. The topological polar surface area (TPSA) is 31.6 Å². The number of fused-ring (bicyclic) bond motifs is 8. The minimum atomic E-state index is -0.0759. The second kappa shape index (κ2) is 9.54. The number of hydrogen-bond donors (Lipinski definition) is 0. The van der Waals surface area contributed by atoms with Crippen molar-refractivity contribution < 1.29 is 13.9 Å². The Balaban J connectivity index is 1.17. The van der Waals surface area contributed by atoms with Crippen LogP contribution in [-0.4, -0.2) is 6.71 Å². The third-order valence-electron chi connectivity index (χ3n) is 12.4. The quantitative estimate of drug-likeness (QED) is 0.174. The molecule has 0 saturated heterocycles. The van der Waals surface area contributed by atoms with Crippen LogP contribution < -0.4 is 25.9 Å². The van der Waals surface area contributed by atoms with Gasteiger partial charge in [-0.25, -0.2) is 0 Å². The van der Waals surface area contributed by atoms with Gasteiger partial charge in [0.15, 0.2) is 0 Å². The van der Waals surface area contributed by atoms with Gasteiger partial charge in [-0.15, -0.1) is 0 Å². The fraction of sp³-hybridized carbons (Fsp3) is 0.304. The van der Waals surface area contributed by atoms with Gasteiger partial charge in [-0.3, -0.25) is 0 Å². The van der Waals surface area contributed by atoms with Gasteiger partial charge in [0.2, 0.25) is 0 Å². The van der Waals surface area contributed by atoms with Gasteiger partial charge in [-0.05, 0) is 97.1 Å². The molecule has 0 saturated carbocycles. The number of benzene rings is 5. The number of rotatable bonds is 2. The molecule has 0 unspecified atom stereocenters. The minimum absolute atomic E-state index is 0.0482. The van der Waals surface area contributed by atoms with E-state index in [1.54, 1.807) is 0 Å². The van der Waals surface area contributed by atoms with E-state index in [-0.39, 0.29) is 28.4 Å². The highest BCUT2D eigenvalue weighted by atomic mass is 16.6. The summed E-state index contributed by atoms with van der Waals surface area (Å²) in [6, 6.07) is 33.3.